The van der Waals surface area contributed by atoms with Gasteiger partial charge in [-0.1, -0.05) is 35.9 Å². The van der Waals surface area contributed by atoms with E-state index in [1.807, 2.05) is 31.2 Å². The average molecular weight is 407 g/mol. The first-order valence-electron chi connectivity index (χ1n) is 9.09. The lowest BCUT2D eigenvalue weighted by Crippen LogP contribution is -2.54. The SMILES string of the molecule is CCOc1ccc(Cc2cc(C3OC(C=O)C(O)C(O)C3O)ccc2Cl)cc1. The summed E-state index contributed by atoms with van der Waals surface area (Å²) in [5.41, 5.74) is 2.40. The Balaban J connectivity index is 1.83. The number of aliphatic hydroxyl groups is 3. The number of hydrogen-bond donors (Lipinski definition) is 3. The van der Waals surface area contributed by atoms with Crippen molar-refractivity contribution in [2.45, 2.75) is 43.9 Å². The largest absolute Gasteiger partial charge is 0.494 e. The fraction of sp³-hybridized carbons (Fsp3) is 0.381. The molecule has 5 atom stereocenters. The molecule has 150 valence electrons. The minimum Gasteiger partial charge on any atom is -0.494 e. The number of carbonyl (C=O) groups is 1. The maximum atomic E-state index is 11.1. The number of halogens is 1. The van der Waals surface area contributed by atoms with Gasteiger partial charge >= 0.3 is 0 Å². The topological polar surface area (TPSA) is 96.2 Å². The highest BCUT2D eigenvalue weighted by Gasteiger charge is 2.44. The van der Waals surface area contributed by atoms with Crippen molar-refractivity contribution >= 4 is 17.9 Å². The van der Waals surface area contributed by atoms with E-state index in [1.54, 1.807) is 18.2 Å². The maximum absolute atomic E-state index is 11.1. The van der Waals surface area contributed by atoms with Gasteiger partial charge < -0.3 is 29.6 Å². The van der Waals surface area contributed by atoms with E-state index in [9.17, 15) is 20.1 Å². The van der Waals surface area contributed by atoms with Gasteiger partial charge in [-0.3, -0.25) is 0 Å². The van der Waals surface area contributed by atoms with Gasteiger partial charge in [0.2, 0.25) is 0 Å². The van der Waals surface area contributed by atoms with E-state index in [4.69, 9.17) is 21.1 Å². The highest BCUT2D eigenvalue weighted by atomic mass is 35.5. The van der Waals surface area contributed by atoms with Crippen LogP contribution in [-0.4, -0.2) is 52.6 Å². The van der Waals surface area contributed by atoms with E-state index in [-0.39, 0.29) is 0 Å². The maximum Gasteiger partial charge on any atom is 0.151 e. The number of benzene rings is 2. The summed E-state index contributed by atoms with van der Waals surface area (Å²) in [5, 5.41) is 30.7. The highest BCUT2D eigenvalue weighted by Crippen LogP contribution is 2.34. The van der Waals surface area contributed by atoms with E-state index in [0.717, 1.165) is 16.9 Å². The first-order chi connectivity index (χ1) is 13.4. The minimum absolute atomic E-state index is 0.420. The van der Waals surface area contributed by atoms with Crippen molar-refractivity contribution in [3.05, 3.63) is 64.2 Å². The summed E-state index contributed by atoms with van der Waals surface area (Å²) in [4.78, 5) is 11.1. The van der Waals surface area contributed by atoms with Gasteiger partial charge in [-0.05, 0) is 48.2 Å². The van der Waals surface area contributed by atoms with E-state index in [1.165, 1.54) is 0 Å². The zero-order valence-electron chi connectivity index (χ0n) is 15.4. The third kappa shape index (κ3) is 4.37. The molecule has 0 radical (unpaired) electrons. The van der Waals surface area contributed by atoms with Crippen molar-refractivity contribution < 1.29 is 29.6 Å². The van der Waals surface area contributed by atoms with E-state index >= 15 is 0 Å². The lowest BCUT2D eigenvalue weighted by molar-refractivity contribution is -0.217. The number of aliphatic hydroxyl groups excluding tert-OH is 3. The quantitative estimate of drug-likeness (QED) is 0.635. The molecule has 0 amide bonds. The molecule has 28 heavy (non-hydrogen) atoms. The van der Waals surface area contributed by atoms with Crippen LogP contribution in [0.1, 0.15) is 29.7 Å². The molecule has 6 nitrogen and oxygen atoms in total. The van der Waals surface area contributed by atoms with Gasteiger partial charge in [0, 0.05) is 5.02 Å². The Bertz CT molecular complexity index is 809. The van der Waals surface area contributed by atoms with Crippen molar-refractivity contribution in [1.29, 1.82) is 0 Å². The fourth-order valence-corrected chi connectivity index (χ4v) is 3.48. The molecule has 0 spiro atoms. The Labute approximate surface area is 168 Å². The summed E-state index contributed by atoms with van der Waals surface area (Å²) in [6, 6.07) is 12.8. The molecule has 7 heteroatoms. The summed E-state index contributed by atoms with van der Waals surface area (Å²) in [6.45, 7) is 2.52. The number of ether oxygens (including phenoxy) is 2. The summed E-state index contributed by atoms with van der Waals surface area (Å²) >= 11 is 6.34. The van der Waals surface area contributed by atoms with Gasteiger partial charge in [0.15, 0.2) is 6.29 Å². The molecule has 1 aliphatic heterocycles. The van der Waals surface area contributed by atoms with E-state index in [0.29, 0.717) is 29.9 Å². The summed E-state index contributed by atoms with van der Waals surface area (Å²) in [5.74, 6) is 0.789. The number of carbonyl (C=O) groups excluding carboxylic acids is 1. The Kier molecular flexibility index (Phi) is 6.69. The molecule has 2 aromatic rings. The standard InChI is InChI=1S/C21H23ClO6/c1-2-27-15-6-3-12(4-7-15)9-14-10-13(5-8-16(14)22)21-20(26)19(25)18(24)17(11-23)28-21/h3-8,10-11,17-21,24-26H,2,9H2,1H3. The third-order valence-corrected chi connectivity index (χ3v) is 5.18. The van der Waals surface area contributed by atoms with Crippen molar-refractivity contribution in [2.75, 3.05) is 6.61 Å². The fourth-order valence-electron chi connectivity index (χ4n) is 3.29. The number of hydrogen-bond acceptors (Lipinski definition) is 6. The average Bonchev–Trinajstić information content (AvgIpc) is 2.70. The monoisotopic (exact) mass is 406 g/mol. The molecule has 2 aromatic carbocycles. The molecular weight excluding hydrogens is 384 g/mol. The Morgan fingerprint density at radius 2 is 1.79 bits per heavy atom. The predicted molar refractivity (Wildman–Crippen MR) is 104 cm³/mol. The van der Waals surface area contributed by atoms with Crippen LogP contribution < -0.4 is 4.74 Å². The lowest BCUT2D eigenvalue weighted by atomic mass is 9.90. The molecule has 1 heterocycles. The molecule has 1 fully saturated rings. The van der Waals surface area contributed by atoms with Gasteiger partial charge in [-0.2, -0.15) is 0 Å². The van der Waals surface area contributed by atoms with E-state index in [2.05, 4.69) is 0 Å². The molecule has 3 N–H and O–H groups in total. The van der Waals surface area contributed by atoms with Crippen molar-refractivity contribution in [2.24, 2.45) is 0 Å². The summed E-state index contributed by atoms with van der Waals surface area (Å²) in [7, 11) is 0. The van der Waals surface area contributed by atoms with Crippen LogP contribution in [0.2, 0.25) is 5.02 Å². The molecule has 0 aromatic heterocycles. The molecule has 5 unspecified atom stereocenters. The Hall–Kier alpha value is -1.96. The van der Waals surface area contributed by atoms with Crippen LogP contribution in [0, 0.1) is 0 Å². The predicted octanol–water partition coefficient (Wildman–Crippen LogP) is 2.05. The molecule has 0 saturated carbocycles. The zero-order valence-corrected chi connectivity index (χ0v) is 16.1. The molecule has 0 bridgehead atoms. The van der Waals surface area contributed by atoms with Crippen LogP contribution >= 0.6 is 11.6 Å². The van der Waals surface area contributed by atoms with Crippen LogP contribution in [0.25, 0.3) is 0 Å². The van der Waals surface area contributed by atoms with Gasteiger partial charge in [0.1, 0.15) is 36.3 Å². The second-order valence-corrected chi connectivity index (χ2v) is 7.14. The zero-order chi connectivity index (χ0) is 20.3. The number of rotatable bonds is 6. The van der Waals surface area contributed by atoms with Crippen molar-refractivity contribution in [1.82, 2.24) is 0 Å². The van der Waals surface area contributed by atoms with Crippen LogP contribution in [0.5, 0.6) is 5.75 Å². The van der Waals surface area contributed by atoms with Gasteiger partial charge in [0.25, 0.3) is 0 Å². The Morgan fingerprint density at radius 1 is 1.07 bits per heavy atom. The Morgan fingerprint density at radius 3 is 2.43 bits per heavy atom. The molecule has 3 rings (SSSR count). The number of aldehydes is 1. The molecule has 1 saturated heterocycles. The third-order valence-electron chi connectivity index (χ3n) is 4.81. The second-order valence-electron chi connectivity index (χ2n) is 6.73. The van der Waals surface area contributed by atoms with Crippen LogP contribution in [0.15, 0.2) is 42.5 Å². The van der Waals surface area contributed by atoms with Gasteiger partial charge in [0.05, 0.1) is 6.61 Å². The van der Waals surface area contributed by atoms with Crippen LogP contribution in [0.4, 0.5) is 0 Å². The first kappa shape index (κ1) is 20.8. The smallest absolute Gasteiger partial charge is 0.151 e. The summed E-state index contributed by atoms with van der Waals surface area (Å²) < 4.78 is 11.0. The van der Waals surface area contributed by atoms with Crippen molar-refractivity contribution in [3.8, 4) is 5.75 Å². The first-order valence-corrected chi connectivity index (χ1v) is 9.47. The van der Waals surface area contributed by atoms with Gasteiger partial charge in [-0.15, -0.1) is 0 Å². The minimum atomic E-state index is -1.49. The lowest BCUT2D eigenvalue weighted by Gasteiger charge is -2.39. The molecular formula is C21H23ClO6. The normalized spacial score (nSPS) is 27.4. The highest BCUT2D eigenvalue weighted by molar-refractivity contribution is 6.31. The second kappa shape index (κ2) is 9.03. The van der Waals surface area contributed by atoms with Crippen LogP contribution in [0.3, 0.4) is 0 Å². The summed E-state index contributed by atoms with van der Waals surface area (Å²) in [6.07, 6.45) is -5.53. The van der Waals surface area contributed by atoms with Crippen LogP contribution in [-0.2, 0) is 16.0 Å². The van der Waals surface area contributed by atoms with E-state index < -0.39 is 30.5 Å². The molecule has 1 aliphatic rings. The van der Waals surface area contributed by atoms with Crippen molar-refractivity contribution in [3.63, 3.8) is 0 Å². The molecule has 0 aliphatic carbocycles. The van der Waals surface area contributed by atoms with Gasteiger partial charge in [-0.25, -0.2) is 0 Å².